The predicted molar refractivity (Wildman–Crippen MR) is 69.1 cm³/mol. The van der Waals surface area contributed by atoms with E-state index in [0.29, 0.717) is 13.0 Å². The minimum absolute atomic E-state index is 0.182. The molecule has 6 heteroatoms. The van der Waals surface area contributed by atoms with Gasteiger partial charge in [-0.2, -0.15) is 0 Å². The zero-order valence-electron chi connectivity index (χ0n) is 10.9. The molecular weight excluding hydrogens is 263 g/mol. The van der Waals surface area contributed by atoms with E-state index < -0.39 is 0 Å². The lowest BCUT2D eigenvalue weighted by Gasteiger charge is -2.13. The van der Waals surface area contributed by atoms with Crippen molar-refractivity contribution in [3.05, 3.63) is 35.6 Å². The van der Waals surface area contributed by atoms with Crippen LogP contribution in [0.15, 0.2) is 24.3 Å². The molecule has 20 heavy (non-hydrogen) atoms. The highest BCUT2D eigenvalue weighted by Crippen LogP contribution is 2.10. The third-order valence-electron chi connectivity index (χ3n) is 3.11. The summed E-state index contributed by atoms with van der Waals surface area (Å²) in [6.45, 7) is 0.155. The summed E-state index contributed by atoms with van der Waals surface area (Å²) < 4.78 is 12.7. The summed E-state index contributed by atoms with van der Waals surface area (Å²) >= 11 is 0. The van der Waals surface area contributed by atoms with Gasteiger partial charge in [-0.05, 0) is 24.1 Å². The molecule has 1 heterocycles. The Balaban J connectivity index is 1.74. The largest absolute Gasteiger partial charge is 0.354 e. The quantitative estimate of drug-likeness (QED) is 0.803. The lowest BCUT2D eigenvalue weighted by atomic mass is 10.1. The molecule has 1 aromatic rings. The smallest absolute Gasteiger partial charge is 0.240 e. The van der Waals surface area contributed by atoms with Crippen molar-refractivity contribution in [1.29, 1.82) is 0 Å². The van der Waals surface area contributed by atoms with Crippen LogP contribution < -0.4 is 5.32 Å². The average Bonchev–Trinajstić information content (AvgIpc) is 2.73. The summed E-state index contributed by atoms with van der Waals surface area (Å²) in [5, 5.41) is 2.63. The summed E-state index contributed by atoms with van der Waals surface area (Å²) in [5.74, 6) is -1.27. The van der Waals surface area contributed by atoms with Gasteiger partial charge < -0.3 is 5.32 Å². The minimum atomic E-state index is -0.365. The number of nitrogens with one attached hydrogen (secondary N) is 1. The second kappa shape index (κ2) is 6.27. The Morgan fingerprint density at radius 3 is 2.35 bits per heavy atom. The van der Waals surface area contributed by atoms with Crippen molar-refractivity contribution in [1.82, 2.24) is 10.2 Å². The van der Waals surface area contributed by atoms with Crippen LogP contribution in [-0.2, 0) is 20.8 Å². The fourth-order valence-corrected chi connectivity index (χ4v) is 2.00. The van der Waals surface area contributed by atoms with Gasteiger partial charge in [0.25, 0.3) is 0 Å². The van der Waals surface area contributed by atoms with Crippen molar-refractivity contribution in [2.45, 2.75) is 19.3 Å². The topological polar surface area (TPSA) is 66.5 Å². The van der Waals surface area contributed by atoms with E-state index in [0.717, 1.165) is 10.5 Å². The maximum absolute atomic E-state index is 12.7. The molecule has 2 rings (SSSR count). The van der Waals surface area contributed by atoms with Crippen LogP contribution in [0, 0.1) is 5.82 Å². The maximum Gasteiger partial charge on any atom is 0.240 e. The first kappa shape index (κ1) is 14.2. The van der Waals surface area contributed by atoms with Gasteiger partial charge in [0.15, 0.2) is 0 Å². The second-order valence-electron chi connectivity index (χ2n) is 4.60. The van der Waals surface area contributed by atoms with E-state index in [9.17, 15) is 18.8 Å². The summed E-state index contributed by atoms with van der Waals surface area (Å²) in [6, 6.07) is 6.02. The van der Waals surface area contributed by atoms with E-state index in [1.807, 2.05) is 0 Å². The average molecular weight is 278 g/mol. The van der Waals surface area contributed by atoms with Gasteiger partial charge in [-0.25, -0.2) is 4.39 Å². The fourth-order valence-electron chi connectivity index (χ4n) is 2.00. The van der Waals surface area contributed by atoms with E-state index in [-0.39, 0.29) is 42.9 Å². The van der Waals surface area contributed by atoms with Gasteiger partial charge in [0.2, 0.25) is 17.7 Å². The molecule has 0 atom stereocenters. The number of amides is 3. The van der Waals surface area contributed by atoms with Gasteiger partial charge in [0.1, 0.15) is 12.4 Å². The lowest BCUT2D eigenvalue weighted by molar-refractivity contribution is -0.142. The zero-order valence-corrected chi connectivity index (χ0v) is 10.9. The molecular formula is C14H15FN2O3. The molecule has 0 unspecified atom stereocenters. The van der Waals surface area contributed by atoms with Gasteiger partial charge in [-0.1, -0.05) is 12.1 Å². The van der Waals surface area contributed by atoms with Crippen molar-refractivity contribution in [2.24, 2.45) is 0 Å². The fraction of sp³-hybridized carbons (Fsp3) is 0.357. The second-order valence-corrected chi connectivity index (χ2v) is 4.60. The molecule has 0 saturated carbocycles. The summed E-state index contributed by atoms with van der Waals surface area (Å²) in [5.41, 5.74) is 0.903. The van der Waals surface area contributed by atoms with E-state index in [1.54, 1.807) is 12.1 Å². The number of hydrogen-bond donors (Lipinski definition) is 1. The number of hydrogen-bond acceptors (Lipinski definition) is 3. The number of benzene rings is 1. The molecule has 106 valence electrons. The van der Waals surface area contributed by atoms with Crippen LogP contribution >= 0.6 is 0 Å². The molecule has 1 N–H and O–H groups in total. The Morgan fingerprint density at radius 1 is 1.15 bits per heavy atom. The zero-order chi connectivity index (χ0) is 14.5. The number of carbonyl (C=O) groups is 3. The number of carbonyl (C=O) groups excluding carboxylic acids is 3. The van der Waals surface area contributed by atoms with Crippen LogP contribution in [0.4, 0.5) is 4.39 Å². The van der Waals surface area contributed by atoms with Crippen LogP contribution in [0.3, 0.4) is 0 Å². The monoisotopic (exact) mass is 278 g/mol. The minimum Gasteiger partial charge on any atom is -0.354 e. The molecule has 1 saturated heterocycles. The van der Waals surface area contributed by atoms with Crippen molar-refractivity contribution >= 4 is 17.7 Å². The highest BCUT2D eigenvalue weighted by Gasteiger charge is 2.30. The van der Waals surface area contributed by atoms with Gasteiger partial charge in [-0.15, -0.1) is 0 Å². The summed E-state index contributed by atoms with van der Waals surface area (Å²) in [4.78, 5) is 35.3. The standard InChI is InChI=1S/C14H15FN2O3/c15-11-3-1-10(2-4-11)7-8-16-12(18)9-17-13(19)5-6-14(17)20/h1-4H,5-9H2,(H,16,18). The molecule has 0 aromatic heterocycles. The Hall–Kier alpha value is -2.24. The van der Waals surface area contributed by atoms with E-state index >= 15 is 0 Å². The number of rotatable bonds is 5. The highest BCUT2D eigenvalue weighted by atomic mass is 19.1. The summed E-state index contributed by atoms with van der Waals surface area (Å²) in [6.07, 6.45) is 0.928. The van der Waals surface area contributed by atoms with E-state index in [2.05, 4.69) is 5.32 Å². The first-order valence-electron chi connectivity index (χ1n) is 6.40. The number of halogens is 1. The third kappa shape index (κ3) is 3.63. The molecule has 1 aliphatic rings. The molecule has 1 aromatic carbocycles. The Bertz CT molecular complexity index is 512. The molecule has 3 amide bonds. The van der Waals surface area contributed by atoms with Crippen molar-refractivity contribution < 1.29 is 18.8 Å². The van der Waals surface area contributed by atoms with Gasteiger partial charge in [0, 0.05) is 19.4 Å². The molecule has 0 spiro atoms. The third-order valence-corrected chi connectivity index (χ3v) is 3.11. The van der Waals surface area contributed by atoms with Crippen molar-refractivity contribution in [3.8, 4) is 0 Å². The highest BCUT2D eigenvalue weighted by molar-refractivity contribution is 6.04. The first-order chi connectivity index (χ1) is 9.56. The van der Waals surface area contributed by atoms with Crippen molar-refractivity contribution in [3.63, 3.8) is 0 Å². The Morgan fingerprint density at radius 2 is 1.75 bits per heavy atom. The maximum atomic E-state index is 12.7. The Labute approximate surface area is 115 Å². The van der Waals surface area contributed by atoms with Crippen molar-refractivity contribution in [2.75, 3.05) is 13.1 Å². The number of nitrogens with zero attached hydrogens (tertiary/aromatic N) is 1. The molecule has 0 bridgehead atoms. The SMILES string of the molecule is O=C(CN1C(=O)CCC1=O)NCCc1ccc(F)cc1. The molecule has 0 aliphatic carbocycles. The van der Waals surface area contributed by atoms with Crippen LogP contribution in [0.25, 0.3) is 0 Å². The number of likely N-dealkylation sites (tertiary alicyclic amines) is 1. The lowest BCUT2D eigenvalue weighted by Crippen LogP contribution is -2.40. The van der Waals surface area contributed by atoms with Crippen LogP contribution in [0.2, 0.25) is 0 Å². The van der Waals surface area contributed by atoms with Gasteiger partial charge >= 0.3 is 0 Å². The van der Waals surface area contributed by atoms with E-state index in [1.165, 1.54) is 12.1 Å². The molecule has 0 radical (unpaired) electrons. The van der Waals surface area contributed by atoms with Gasteiger partial charge in [-0.3, -0.25) is 19.3 Å². The molecule has 1 fully saturated rings. The molecule has 5 nitrogen and oxygen atoms in total. The van der Waals surface area contributed by atoms with Gasteiger partial charge in [0.05, 0.1) is 0 Å². The molecule has 1 aliphatic heterocycles. The van der Waals surface area contributed by atoms with Crippen LogP contribution in [0.1, 0.15) is 18.4 Å². The predicted octanol–water partition coefficient (Wildman–Crippen LogP) is 0.633. The van der Waals surface area contributed by atoms with Crippen LogP contribution in [0.5, 0.6) is 0 Å². The van der Waals surface area contributed by atoms with E-state index in [4.69, 9.17) is 0 Å². The normalized spacial score (nSPS) is 14.8. The first-order valence-corrected chi connectivity index (χ1v) is 6.40. The number of imide groups is 1. The Kier molecular flexibility index (Phi) is 4.45. The van der Waals surface area contributed by atoms with Crippen LogP contribution in [-0.4, -0.2) is 35.7 Å². The summed E-state index contributed by atoms with van der Waals surface area (Å²) in [7, 11) is 0.